The van der Waals surface area contributed by atoms with Crippen molar-refractivity contribution in [3.63, 3.8) is 0 Å². The molecule has 2 N–H and O–H groups in total. The largest absolute Gasteiger partial charge is 0.477 e. The van der Waals surface area contributed by atoms with Gasteiger partial charge >= 0.3 is 0 Å². The van der Waals surface area contributed by atoms with E-state index in [9.17, 15) is 8.42 Å². The number of hydrogen-bond donors (Lipinski definition) is 1. The van der Waals surface area contributed by atoms with E-state index in [4.69, 9.17) is 14.6 Å². The predicted octanol–water partition coefficient (Wildman–Crippen LogP) is 1.66. The van der Waals surface area contributed by atoms with E-state index in [0.717, 1.165) is 31.6 Å². The summed E-state index contributed by atoms with van der Waals surface area (Å²) in [7, 11) is -3.75. The summed E-state index contributed by atoms with van der Waals surface area (Å²) in [6.07, 6.45) is 3.21. The van der Waals surface area contributed by atoms with Gasteiger partial charge in [0.1, 0.15) is 4.90 Å². The van der Waals surface area contributed by atoms with Crippen molar-refractivity contribution >= 4 is 10.0 Å². The third-order valence-electron chi connectivity index (χ3n) is 3.60. The fraction of sp³-hybridized carbons (Fsp3) is 0.643. The Labute approximate surface area is 125 Å². The van der Waals surface area contributed by atoms with Crippen molar-refractivity contribution in [2.75, 3.05) is 19.8 Å². The lowest BCUT2D eigenvalue weighted by molar-refractivity contribution is 0.0488. The Hall–Kier alpha value is -1.18. The van der Waals surface area contributed by atoms with E-state index in [1.54, 1.807) is 6.07 Å². The van der Waals surface area contributed by atoms with Gasteiger partial charge in [-0.05, 0) is 30.7 Å². The van der Waals surface area contributed by atoms with E-state index in [-0.39, 0.29) is 10.8 Å². The molecule has 1 aliphatic heterocycles. The lowest BCUT2D eigenvalue weighted by atomic mass is 10.0. The SMILES string of the molecule is CC(C)c1cc(S(N)(=O)=O)cnc1OCC1CCOCC1. The number of sulfonamides is 1. The minimum atomic E-state index is -3.75. The number of nitrogens with two attached hydrogens (primary N) is 1. The molecule has 0 aromatic carbocycles. The molecule has 7 heteroatoms. The number of rotatable bonds is 5. The lowest BCUT2D eigenvalue weighted by Gasteiger charge is -2.22. The van der Waals surface area contributed by atoms with Gasteiger partial charge in [-0.3, -0.25) is 0 Å². The first-order chi connectivity index (χ1) is 9.88. The third-order valence-corrected chi connectivity index (χ3v) is 4.48. The normalized spacial score (nSPS) is 17.1. The molecule has 1 aliphatic rings. The predicted molar refractivity (Wildman–Crippen MR) is 78.7 cm³/mol. The summed E-state index contributed by atoms with van der Waals surface area (Å²) in [4.78, 5) is 4.16. The molecule has 1 saturated heterocycles. The zero-order valence-corrected chi connectivity index (χ0v) is 13.2. The van der Waals surface area contributed by atoms with Crippen molar-refractivity contribution in [2.24, 2.45) is 11.1 Å². The third kappa shape index (κ3) is 4.39. The van der Waals surface area contributed by atoms with Gasteiger partial charge < -0.3 is 9.47 Å². The van der Waals surface area contributed by atoms with Crippen LogP contribution in [0.5, 0.6) is 5.88 Å². The second kappa shape index (κ2) is 6.72. The van der Waals surface area contributed by atoms with Gasteiger partial charge in [-0.2, -0.15) is 0 Å². The smallest absolute Gasteiger partial charge is 0.239 e. The number of pyridine rings is 1. The molecule has 0 atom stereocenters. The Bertz CT molecular complexity index is 581. The van der Waals surface area contributed by atoms with Crippen LogP contribution in [0, 0.1) is 5.92 Å². The van der Waals surface area contributed by atoms with Gasteiger partial charge in [0.15, 0.2) is 0 Å². The zero-order chi connectivity index (χ0) is 15.5. The molecule has 2 heterocycles. The number of nitrogens with zero attached hydrogens (tertiary/aromatic N) is 1. The summed E-state index contributed by atoms with van der Waals surface area (Å²) >= 11 is 0. The standard InChI is InChI=1S/C14H22N2O4S/c1-10(2)13-7-12(21(15,17)18)8-16-14(13)20-9-11-3-5-19-6-4-11/h7-8,10-11H,3-6,9H2,1-2H3,(H2,15,17,18). The van der Waals surface area contributed by atoms with Crippen LogP contribution >= 0.6 is 0 Å². The van der Waals surface area contributed by atoms with Crippen molar-refractivity contribution in [3.05, 3.63) is 17.8 Å². The number of primary sulfonamides is 1. The first-order valence-electron chi connectivity index (χ1n) is 7.11. The second-order valence-electron chi connectivity index (χ2n) is 5.63. The highest BCUT2D eigenvalue weighted by atomic mass is 32.2. The van der Waals surface area contributed by atoms with E-state index >= 15 is 0 Å². The van der Waals surface area contributed by atoms with Gasteiger partial charge in [0.25, 0.3) is 0 Å². The molecular formula is C14H22N2O4S. The maximum atomic E-state index is 11.4. The van der Waals surface area contributed by atoms with Crippen LogP contribution < -0.4 is 9.88 Å². The molecule has 1 aromatic heterocycles. The minimum absolute atomic E-state index is 0.0182. The lowest BCUT2D eigenvalue weighted by Crippen LogP contribution is -2.22. The highest BCUT2D eigenvalue weighted by Gasteiger charge is 2.19. The Balaban J connectivity index is 2.14. The molecule has 21 heavy (non-hydrogen) atoms. The molecular weight excluding hydrogens is 292 g/mol. The van der Waals surface area contributed by atoms with Crippen LogP contribution in [-0.2, 0) is 14.8 Å². The Morgan fingerprint density at radius 2 is 2.10 bits per heavy atom. The van der Waals surface area contributed by atoms with Crippen LogP contribution in [-0.4, -0.2) is 33.2 Å². The molecule has 0 spiro atoms. The van der Waals surface area contributed by atoms with E-state index in [1.807, 2.05) is 13.8 Å². The first-order valence-corrected chi connectivity index (χ1v) is 8.66. The zero-order valence-electron chi connectivity index (χ0n) is 12.4. The fourth-order valence-electron chi connectivity index (χ4n) is 2.25. The summed E-state index contributed by atoms with van der Waals surface area (Å²) in [6.45, 7) is 6.03. The number of ether oxygens (including phenoxy) is 2. The molecule has 1 aromatic rings. The monoisotopic (exact) mass is 314 g/mol. The fourth-order valence-corrected chi connectivity index (χ4v) is 2.74. The molecule has 2 rings (SSSR count). The summed E-state index contributed by atoms with van der Waals surface area (Å²) in [6, 6.07) is 1.55. The molecule has 0 bridgehead atoms. The van der Waals surface area contributed by atoms with Crippen LogP contribution in [0.2, 0.25) is 0 Å². The quantitative estimate of drug-likeness (QED) is 0.892. The minimum Gasteiger partial charge on any atom is -0.477 e. The van der Waals surface area contributed by atoms with Crippen LogP contribution in [0.3, 0.4) is 0 Å². The van der Waals surface area contributed by atoms with Gasteiger partial charge in [0.2, 0.25) is 15.9 Å². The number of hydrogen-bond acceptors (Lipinski definition) is 5. The van der Waals surface area contributed by atoms with Gasteiger partial charge in [-0.1, -0.05) is 13.8 Å². The molecule has 0 radical (unpaired) electrons. The van der Waals surface area contributed by atoms with E-state index in [2.05, 4.69) is 4.98 Å². The van der Waals surface area contributed by atoms with E-state index in [1.165, 1.54) is 6.20 Å². The van der Waals surface area contributed by atoms with Crippen LogP contribution in [0.15, 0.2) is 17.2 Å². The maximum absolute atomic E-state index is 11.4. The Morgan fingerprint density at radius 3 is 2.67 bits per heavy atom. The highest BCUT2D eigenvalue weighted by molar-refractivity contribution is 7.89. The molecule has 0 aliphatic carbocycles. The Morgan fingerprint density at radius 1 is 1.43 bits per heavy atom. The van der Waals surface area contributed by atoms with Crippen LogP contribution in [0.1, 0.15) is 38.2 Å². The van der Waals surface area contributed by atoms with Gasteiger partial charge in [-0.25, -0.2) is 18.5 Å². The van der Waals surface area contributed by atoms with Crippen LogP contribution in [0.4, 0.5) is 0 Å². The first kappa shape index (κ1) is 16.2. The second-order valence-corrected chi connectivity index (χ2v) is 7.19. The van der Waals surface area contributed by atoms with Gasteiger partial charge in [-0.15, -0.1) is 0 Å². The van der Waals surface area contributed by atoms with Gasteiger partial charge in [0, 0.05) is 18.8 Å². The molecule has 1 fully saturated rings. The molecule has 118 valence electrons. The molecule has 0 saturated carbocycles. The molecule has 0 amide bonds. The topological polar surface area (TPSA) is 91.5 Å². The van der Waals surface area contributed by atoms with Crippen molar-refractivity contribution in [2.45, 2.75) is 37.5 Å². The van der Waals surface area contributed by atoms with Crippen LogP contribution in [0.25, 0.3) is 0 Å². The summed E-state index contributed by atoms with van der Waals surface area (Å²) in [5.41, 5.74) is 0.758. The molecule has 0 unspecified atom stereocenters. The highest BCUT2D eigenvalue weighted by Crippen LogP contribution is 2.27. The summed E-state index contributed by atoms with van der Waals surface area (Å²) < 4.78 is 33.9. The number of aromatic nitrogens is 1. The van der Waals surface area contributed by atoms with Crippen molar-refractivity contribution in [3.8, 4) is 5.88 Å². The van der Waals surface area contributed by atoms with Crippen molar-refractivity contribution in [1.82, 2.24) is 4.98 Å². The van der Waals surface area contributed by atoms with Crippen molar-refractivity contribution in [1.29, 1.82) is 0 Å². The Kier molecular flexibility index (Phi) is 5.18. The average Bonchev–Trinajstić information content (AvgIpc) is 2.45. The van der Waals surface area contributed by atoms with E-state index < -0.39 is 10.0 Å². The van der Waals surface area contributed by atoms with Gasteiger partial charge in [0.05, 0.1) is 12.8 Å². The van der Waals surface area contributed by atoms with Crippen molar-refractivity contribution < 1.29 is 17.9 Å². The summed E-state index contributed by atoms with van der Waals surface area (Å²) in [5.74, 6) is 1.05. The average molecular weight is 314 g/mol. The van der Waals surface area contributed by atoms with E-state index in [0.29, 0.717) is 18.4 Å². The summed E-state index contributed by atoms with van der Waals surface area (Å²) in [5, 5.41) is 5.14. The maximum Gasteiger partial charge on any atom is 0.239 e. The molecule has 6 nitrogen and oxygen atoms in total.